The standard InChI is InChI=1S/C14H13N5S/c1-8(2)9-3-4-11-12(5-9)20-14(18-11)19-13(16)10(6-15)7-17-19/h3-5,7-8H,16H2,1-2H3. The Morgan fingerprint density at radius 3 is 2.85 bits per heavy atom. The summed E-state index contributed by atoms with van der Waals surface area (Å²) in [4.78, 5) is 4.52. The smallest absolute Gasteiger partial charge is 0.213 e. The lowest BCUT2D eigenvalue weighted by Crippen LogP contribution is -2.01. The molecule has 0 saturated heterocycles. The van der Waals surface area contributed by atoms with E-state index in [1.807, 2.05) is 12.1 Å². The lowest BCUT2D eigenvalue weighted by molar-refractivity contribution is 0.868. The molecule has 0 aliphatic heterocycles. The number of hydrogen-bond donors (Lipinski definition) is 1. The monoisotopic (exact) mass is 283 g/mol. The Hall–Kier alpha value is -2.39. The minimum Gasteiger partial charge on any atom is -0.382 e. The van der Waals surface area contributed by atoms with Crippen LogP contribution in [0.5, 0.6) is 0 Å². The largest absolute Gasteiger partial charge is 0.382 e. The minimum absolute atomic E-state index is 0.329. The van der Waals surface area contributed by atoms with Crippen LogP contribution in [0, 0.1) is 11.3 Å². The van der Waals surface area contributed by atoms with Crippen molar-refractivity contribution in [3.8, 4) is 11.2 Å². The molecular weight excluding hydrogens is 270 g/mol. The third-order valence-corrected chi connectivity index (χ3v) is 4.17. The van der Waals surface area contributed by atoms with Crippen molar-refractivity contribution in [2.45, 2.75) is 19.8 Å². The maximum absolute atomic E-state index is 8.92. The summed E-state index contributed by atoms with van der Waals surface area (Å²) in [5, 5.41) is 13.7. The highest BCUT2D eigenvalue weighted by atomic mass is 32.1. The summed E-state index contributed by atoms with van der Waals surface area (Å²) in [6.45, 7) is 4.32. The highest BCUT2D eigenvalue weighted by Crippen LogP contribution is 2.29. The van der Waals surface area contributed by atoms with Crippen molar-refractivity contribution in [1.29, 1.82) is 5.26 Å². The van der Waals surface area contributed by atoms with Gasteiger partial charge >= 0.3 is 0 Å². The molecule has 5 nitrogen and oxygen atoms in total. The number of nitrogens with zero attached hydrogens (tertiary/aromatic N) is 4. The molecular formula is C14H13N5S. The van der Waals surface area contributed by atoms with E-state index in [0.717, 1.165) is 10.2 Å². The molecule has 3 rings (SSSR count). The van der Waals surface area contributed by atoms with Gasteiger partial charge in [-0.2, -0.15) is 15.0 Å². The van der Waals surface area contributed by atoms with Gasteiger partial charge < -0.3 is 5.73 Å². The van der Waals surface area contributed by atoms with Crippen LogP contribution in [-0.2, 0) is 0 Å². The molecule has 0 aliphatic carbocycles. The van der Waals surface area contributed by atoms with Gasteiger partial charge in [0.25, 0.3) is 0 Å². The van der Waals surface area contributed by atoms with E-state index in [2.05, 4.69) is 36.1 Å². The van der Waals surface area contributed by atoms with Crippen LogP contribution in [0.15, 0.2) is 24.4 Å². The normalized spacial score (nSPS) is 11.1. The first-order valence-electron chi connectivity index (χ1n) is 6.24. The van der Waals surface area contributed by atoms with Gasteiger partial charge in [-0.3, -0.25) is 0 Å². The molecule has 3 aromatic rings. The summed E-state index contributed by atoms with van der Waals surface area (Å²) in [7, 11) is 0. The van der Waals surface area contributed by atoms with Gasteiger partial charge in [0, 0.05) is 0 Å². The Bertz CT molecular complexity index is 822. The van der Waals surface area contributed by atoms with Crippen molar-refractivity contribution in [2.24, 2.45) is 0 Å². The van der Waals surface area contributed by atoms with E-state index < -0.39 is 0 Å². The van der Waals surface area contributed by atoms with Crippen molar-refractivity contribution >= 4 is 27.4 Å². The first-order valence-corrected chi connectivity index (χ1v) is 7.06. The number of benzene rings is 1. The van der Waals surface area contributed by atoms with Crippen LogP contribution in [0.4, 0.5) is 5.82 Å². The Kier molecular flexibility index (Phi) is 2.92. The van der Waals surface area contributed by atoms with E-state index >= 15 is 0 Å². The third-order valence-electron chi connectivity index (χ3n) is 3.18. The minimum atomic E-state index is 0.329. The molecule has 2 N–H and O–H groups in total. The highest BCUT2D eigenvalue weighted by Gasteiger charge is 2.13. The number of anilines is 1. The highest BCUT2D eigenvalue weighted by molar-refractivity contribution is 7.20. The fourth-order valence-corrected chi connectivity index (χ4v) is 2.96. The molecule has 100 valence electrons. The van der Waals surface area contributed by atoms with Crippen LogP contribution in [0.1, 0.15) is 30.9 Å². The van der Waals surface area contributed by atoms with E-state index in [4.69, 9.17) is 11.0 Å². The SMILES string of the molecule is CC(C)c1ccc2nc(-n3ncc(C#N)c3N)sc2c1. The summed E-state index contributed by atoms with van der Waals surface area (Å²) < 4.78 is 2.61. The van der Waals surface area contributed by atoms with Crippen LogP contribution in [0.25, 0.3) is 15.3 Å². The number of thiazole rings is 1. The fourth-order valence-electron chi connectivity index (χ4n) is 1.98. The van der Waals surface area contributed by atoms with E-state index in [0.29, 0.717) is 22.4 Å². The molecule has 20 heavy (non-hydrogen) atoms. The Labute approximate surface area is 120 Å². The van der Waals surface area contributed by atoms with Crippen LogP contribution in [-0.4, -0.2) is 14.8 Å². The zero-order valence-electron chi connectivity index (χ0n) is 11.2. The number of nitrogen functional groups attached to an aromatic ring is 1. The number of rotatable bonds is 2. The summed E-state index contributed by atoms with van der Waals surface area (Å²) in [6, 6.07) is 8.25. The Morgan fingerprint density at radius 1 is 1.40 bits per heavy atom. The van der Waals surface area contributed by atoms with Crippen LogP contribution >= 0.6 is 11.3 Å². The molecule has 0 atom stereocenters. The molecule has 0 radical (unpaired) electrons. The van der Waals surface area contributed by atoms with Crippen molar-refractivity contribution in [1.82, 2.24) is 14.8 Å². The molecule has 0 fully saturated rings. The van der Waals surface area contributed by atoms with Gasteiger partial charge in [-0.15, -0.1) is 0 Å². The van der Waals surface area contributed by atoms with Crippen molar-refractivity contribution in [3.63, 3.8) is 0 Å². The quantitative estimate of drug-likeness (QED) is 0.783. The lowest BCUT2D eigenvalue weighted by Gasteiger charge is -2.03. The van der Waals surface area contributed by atoms with Gasteiger partial charge in [-0.05, 0) is 23.6 Å². The van der Waals surface area contributed by atoms with Crippen LogP contribution in [0.3, 0.4) is 0 Å². The maximum Gasteiger partial charge on any atom is 0.213 e. The fraction of sp³-hybridized carbons (Fsp3) is 0.214. The molecule has 6 heteroatoms. The topological polar surface area (TPSA) is 80.5 Å². The summed E-state index contributed by atoms with van der Waals surface area (Å²) >= 11 is 1.52. The maximum atomic E-state index is 8.92. The zero-order chi connectivity index (χ0) is 14.3. The van der Waals surface area contributed by atoms with E-state index in [-0.39, 0.29) is 0 Å². The second kappa shape index (κ2) is 4.62. The van der Waals surface area contributed by atoms with Gasteiger partial charge in [-0.25, -0.2) is 4.98 Å². The average molecular weight is 283 g/mol. The van der Waals surface area contributed by atoms with E-state index in [9.17, 15) is 0 Å². The van der Waals surface area contributed by atoms with Gasteiger partial charge in [0.2, 0.25) is 5.13 Å². The Balaban J connectivity index is 2.13. The molecule has 2 aromatic heterocycles. The van der Waals surface area contributed by atoms with E-state index in [1.165, 1.54) is 27.8 Å². The summed E-state index contributed by atoms with van der Waals surface area (Å²) in [6.07, 6.45) is 1.46. The van der Waals surface area contributed by atoms with Crippen LogP contribution < -0.4 is 5.73 Å². The number of fused-ring (bicyclic) bond motifs is 1. The first-order chi connectivity index (χ1) is 9.60. The van der Waals surface area contributed by atoms with Crippen LogP contribution in [0.2, 0.25) is 0 Å². The second-order valence-electron chi connectivity index (χ2n) is 4.85. The van der Waals surface area contributed by atoms with Gasteiger partial charge in [0.15, 0.2) is 0 Å². The molecule has 0 saturated carbocycles. The lowest BCUT2D eigenvalue weighted by atomic mass is 10.0. The van der Waals surface area contributed by atoms with Crippen molar-refractivity contribution in [2.75, 3.05) is 5.73 Å². The van der Waals surface area contributed by atoms with E-state index in [1.54, 1.807) is 0 Å². The predicted molar refractivity (Wildman–Crippen MR) is 80.0 cm³/mol. The molecule has 0 unspecified atom stereocenters. The number of nitriles is 1. The van der Waals surface area contributed by atoms with Gasteiger partial charge in [-0.1, -0.05) is 31.3 Å². The number of hydrogen-bond acceptors (Lipinski definition) is 5. The second-order valence-corrected chi connectivity index (χ2v) is 5.85. The number of aromatic nitrogens is 3. The molecule has 0 amide bonds. The van der Waals surface area contributed by atoms with Crippen molar-refractivity contribution < 1.29 is 0 Å². The van der Waals surface area contributed by atoms with Gasteiger partial charge in [0.1, 0.15) is 17.5 Å². The first kappa shape index (κ1) is 12.6. The number of nitrogens with two attached hydrogens (primary N) is 1. The zero-order valence-corrected chi connectivity index (χ0v) is 12.0. The third kappa shape index (κ3) is 1.92. The van der Waals surface area contributed by atoms with Crippen molar-refractivity contribution in [3.05, 3.63) is 35.5 Å². The molecule has 1 aromatic carbocycles. The van der Waals surface area contributed by atoms with Gasteiger partial charge in [0.05, 0.1) is 16.4 Å². The molecule has 0 bridgehead atoms. The summed E-state index contributed by atoms with van der Waals surface area (Å²) in [5.74, 6) is 0.806. The summed E-state index contributed by atoms with van der Waals surface area (Å²) in [5.41, 5.74) is 8.45. The molecule has 0 spiro atoms. The Morgan fingerprint density at radius 2 is 2.20 bits per heavy atom. The molecule has 0 aliphatic rings. The predicted octanol–water partition coefficient (Wildman–Crippen LogP) is 3.06. The average Bonchev–Trinajstić information content (AvgIpc) is 3.00. The molecule has 2 heterocycles.